The van der Waals surface area contributed by atoms with E-state index in [1.165, 1.54) is 12.1 Å². The molecule has 0 aliphatic heterocycles. The van der Waals surface area contributed by atoms with E-state index in [0.29, 0.717) is 28.4 Å². The van der Waals surface area contributed by atoms with Crippen molar-refractivity contribution in [2.75, 3.05) is 5.32 Å². The Kier molecular flexibility index (Phi) is 12.0. The second-order valence-electron chi connectivity index (χ2n) is 6.14. The summed E-state index contributed by atoms with van der Waals surface area (Å²) in [6, 6.07) is 13.1. The highest BCUT2D eigenvalue weighted by molar-refractivity contribution is 9.11. The third-order valence-corrected chi connectivity index (χ3v) is 5.01. The Labute approximate surface area is 215 Å². The molecular formula is C22H19Br3F2N6. The van der Waals surface area contributed by atoms with Crippen molar-refractivity contribution in [2.45, 2.75) is 13.1 Å². The highest BCUT2D eigenvalue weighted by atomic mass is 79.9. The first kappa shape index (κ1) is 26.9. The Bertz CT molecular complexity index is 1090. The molecule has 172 valence electrons. The van der Waals surface area contributed by atoms with Crippen molar-refractivity contribution in [3.8, 4) is 0 Å². The number of halogens is 5. The molecule has 0 spiro atoms. The molecule has 0 amide bonds. The van der Waals surface area contributed by atoms with Gasteiger partial charge in [0.1, 0.15) is 11.6 Å². The van der Waals surface area contributed by atoms with Gasteiger partial charge in [-0.3, -0.25) is 0 Å². The second-order valence-corrected chi connectivity index (χ2v) is 8.68. The van der Waals surface area contributed by atoms with E-state index in [4.69, 9.17) is 5.73 Å². The molecule has 0 saturated heterocycles. The SMILES string of the molecule is Brc1cnc(Br)nc1.Fc1ccccc1CNc1ncc(Br)cn1.NCc1ccccc1F. The zero-order chi connectivity index (χ0) is 24.1. The minimum absolute atomic E-state index is 0.222. The summed E-state index contributed by atoms with van der Waals surface area (Å²) in [5.74, 6) is 0.0264. The van der Waals surface area contributed by atoms with Crippen molar-refractivity contribution in [3.63, 3.8) is 0 Å². The summed E-state index contributed by atoms with van der Waals surface area (Å²) in [7, 11) is 0. The maximum atomic E-state index is 13.3. The van der Waals surface area contributed by atoms with Crippen molar-refractivity contribution in [3.05, 3.63) is 110 Å². The van der Waals surface area contributed by atoms with Crippen LogP contribution in [-0.2, 0) is 13.1 Å². The molecule has 0 saturated carbocycles. The van der Waals surface area contributed by atoms with Gasteiger partial charge in [0.25, 0.3) is 0 Å². The Morgan fingerprint density at radius 1 is 0.697 bits per heavy atom. The lowest BCUT2D eigenvalue weighted by Crippen LogP contribution is -2.04. The smallest absolute Gasteiger partial charge is 0.222 e. The number of aromatic nitrogens is 4. The summed E-state index contributed by atoms with van der Waals surface area (Å²) < 4.78 is 28.1. The van der Waals surface area contributed by atoms with E-state index in [2.05, 4.69) is 73.0 Å². The summed E-state index contributed by atoms with van der Waals surface area (Å²) in [6.07, 6.45) is 6.63. The van der Waals surface area contributed by atoms with Gasteiger partial charge in [0.05, 0.1) is 8.95 Å². The number of anilines is 1. The lowest BCUT2D eigenvalue weighted by Gasteiger charge is -2.05. The highest BCUT2D eigenvalue weighted by Gasteiger charge is 2.01. The number of nitrogens with one attached hydrogen (secondary N) is 1. The first-order chi connectivity index (χ1) is 15.9. The van der Waals surface area contributed by atoms with Gasteiger partial charge in [0.15, 0.2) is 4.73 Å². The van der Waals surface area contributed by atoms with E-state index in [0.717, 1.165) is 8.95 Å². The predicted octanol–water partition coefficient (Wildman–Crippen LogP) is 6.28. The van der Waals surface area contributed by atoms with Crippen LogP contribution in [0.5, 0.6) is 0 Å². The molecule has 2 aromatic heterocycles. The van der Waals surface area contributed by atoms with E-state index in [1.807, 2.05) is 0 Å². The number of nitrogens with zero attached hydrogens (tertiary/aromatic N) is 4. The minimum Gasteiger partial charge on any atom is -0.350 e. The molecule has 0 aliphatic carbocycles. The number of nitrogens with two attached hydrogens (primary N) is 1. The van der Waals surface area contributed by atoms with Crippen LogP contribution in [-0.4, -0.2) is 19.9 Å². The summed E-state index contributed by atoms with van der Waals surface area (Å²) in [4.78, 5) is 15.7. The maximum Gasteiger partial charge on any atom is 0.222 e. The Hall–Kier alpha value is -2.34. The lowest BCUT2D eigenvalue weighted by atomic mass is 10.2. The molecule has 4 aromatic rings. The quantitative estimate of drug-likeness (QED) is 0.255. The average molecular weight is 645 g/mol. The van der Waals surface area contributed by atoms with Crippen molar-refractivity contribution >= 4 is 53.7 Å². The van der Waals surface area contributed by atoms with Crippen LogP contribution < -0.4 is 11.1 Å². The fourth-order valence-electron chi connectivity index (χ4n) is 2.18. The van der Waals surface area contributed by atoms with Gasteiger partial charge >= 0.3 is 0 Å². The van der Waals surface area contributed by atoms with E-state index < -0.39 is 0 Å². The number of rotatable bonds is 4. The molecular weight excluding hydrogens is 626 g/mol. The molecule has 2 aromatic carbocycles. The zero-order valence-electron chi connectivity index (χ0n) is 17.1. The monoisotopic (exact) mass is 642 g/mol. The summed E-state index contributed by atoms with van der Waals surface area (Å²) in [5.41, 5.74) is 6.37. The number of hydrogen-bond donors (Lipinski definition) is 2. The van der Waals surface area contributed by atoms with Gasteiger partial charge < -0.3 is 11.1 Å². The Balaban J connectivity index is 0.000000192. The van der Waals surface area contributed by atoms with Crippen molar-refractivity contribution in [1.82, 2.24) is 19.9 Å². The average Bonchev–Trinajstić information content (AvgIpc) is 2.83. The van der Waals surface area contributed by atoms with Crippen LogP contribution in [0.3, 0.4) is 0 Å². The summed E-state index contributed by atoms with van der Waals surface area (Å²) in [5, 5.41) is 2.95. The van der Waals surface area contributed by atoms with Gasteiger partial charge in [-0.25, -0.2) is 28.7 Å². The molecule has 0 unspecified atom stereocenters. The third kappa shape index (κ3) is 10.4. The summed E-state index contributed by atoms with van der Waals surface area (Å²) >= 11 is 9.54. The van der Waals surface area contributed by atoms with Crippen molar-refractivity contribution < 1.29 is 8.78 Å². The third-order valence-electron chi connectivity index (χ3n) is 3.78. The molecule has 2 heterocycles. The van der Waals surface area contributed by atoms with Gasteiger partial charge in [0, 0.05) is 49.0 Å². The highest BCUT2D eigenvalue weighted by Crippen LogP contribution is 2.10. The van der Waals surface area contributed by atoms with Crippen LogP contribution in [0.15, 0.2) is 87.0 Å². The van der Waals surface area contributed by atoms with Gasteiger partial charge in [-0.15, -0.1) is 0 Å². The molecule has 0 bridgehead atoms. The zero-order valence-corrected chi connectivity index (χ0v) is 21.9. The molecule has 6 nitrogen and oxygen atoms in total. The predicted molar refractivity (Wildman–Crippen MR) is 135 cm³/mol. The van der Waals surface area contributed by atoms with Gasteiger partial charge in [-0.1, -0.05) is 36.4 Å². The van der Waals surface area contributed by atoms with Crippen LogP contribution in [0, 0.1) is 11.6 Å². The van der Waals surface area contributed by atoms with E-state index >= 15 is 0 Å². The van der Waals surface area contributed by atoms with Crippen LogP contribution in [0.1, 0.15) is 11.1 Å². The van der Waals surface area contributed by atoms with E-state index in [-0.39, 0.29) is 18.2 Å². The first-order valence-corrected chi connectivity index (χ1v) is 11.8. The minimum atomic E-state index is -0.230. The molecule has 0 fully saturated rings. The van der Waals surface area contributed by atoms with Gasteiger partial charge in [-0.05, 0) is 59.9 Å². The van der Waals surface area contributed by atoms with E-state index in [1.54, 1.807) is 61.2 Å². The Morgan fingerprint density at radius 2 is 1.15 bits per heavy atom. The molecule has 3 N–H and O–H groups in total. The van der Waals surface area contributed by atoms with Gasteiger partial charge in [-0.2, -0.15) is 0 Å². The summed E-state index contributed by atoms with van der Waals surface area (Å²) in [6.45, 7) is 0.640. The molecule has 0 radical (unpaired) electrons. The van der Waals surface area contributed by atoms with Crippen LogP contribution in [0.4, 0.5) is 14.7 Å². The first-order valence-electron chi connectivity index (χ1n) is 9.40. The van der Waals surface area contributed by atoms with Crippen LogP contribution in [0.25, 0.3) is 0 Å². The topological polar surface area (TPSA) is 89.6 Å². The van der Waals surface area contributed by atoms with E-state index in [9.17, 15) is 8.78 Å². The standard InChI is InChI=1S/C11H9BrFN3.C7H8FN.C4H2Br2N2/c12-9-6-15-11(16-7-9)14-5-8-3-1-2-4-10(8)13;8-7-4-2-1-3-6(7)5-9;5-3-1-7-4(6)8-2-3/h1-4,6-7H,5H2,(H,14,15,16);1-4H,5,9H2;1-2H. The molecule has 11 heteroatoms. The maximum absolute atomic E-state index is 13.3. The Morgan fingerprint density at radius 3 is 1.58 bits per heavy atom. The number of hydrogen-bond acceptors (Lipinski definition) is 6. The van der Waals surface area contributed by atoms with Crippen molar-refractivity contribution in [2.24, 2.45) is 5.73 Å². The number of benzene rings is 2. The molecule has 33 heavy (non-hydrogen) atoms. The van der Waals surface area contributed by atoms with Crippen molar-refractivity contribution in [1.29, 1.82) is 0 Å². The van der Waals surface area contributed by atoms with Crippen LogP contribution in [0.2, 0.25) is 0 Å². The molecule has 4 rings (SSSR count). The fourth-order valence-corrected chi connectivity index (χ4v) is 2.79. The fraction of sp³-hybridized carbons (Fsp3) is 0.0909. The molecule has 0 aliphatic rings. The van der Waals surface area contributed by atoms with Crippen LogP contribution >= 0.6 is 47.8 Å². The molecule has 0 atom stereocenters. The van der Waals surface area contributed by atoms with Gasteiger partial charge in [0.2, 0.25) is 5.95 Å². The lowest BCUT2D eigenvalue weighted by molar-refractivity contribution is 0.610. The second kappa shape index (κ2) is 14.7. The largest absolute Gasteiger partial charge is 0.350 e. The normalized spacial score (nSPS) is 9.76.